The van der Waals surface area contributed by atoms with E-state index in [9.17, 15) is 0 Å². The Morgan fingerprint density at radius 3 is 2.92 bits per heavy atom. The van der Waals surface area contributed by atoms with Gasteiger partial charge in [0, 0.05) is 5.70 Å². The number of allylic oxidation sites excluding steroid dienone is 1. The fourth-order valence-corrected chi connectivity index (χ4v) is 1.59. The molecule has 0 saturated heterocycles. The SMILES string of the molecule is CC1CCC(C(=N)CO)=C(N)C1. The summed E-state index contributed by atoms with van der Waals surface area (Å²) < 4.78 is 0. The zero-order valence-electron chi connectivity index (χ0n) is 7.43. The van der Waals surface area contributed by atoms with Crippen molar-refractivity contribution < 1.29 is 5.11 Å². The molecule has 0 spiro atoms. The molecule has 3 heteroatoms. The Bertz CT molecular complexity index is 221. The lowest BCUT2D eigenvalue weighted by atomic mass is 9.87. The molecule has 1 unspecified atom stereocenters. The Hall–Kier alpha value is -0.830. The van der Waals surface area contributed by atoms with Crippen molar-refractivity contribution in [1.82, 2.24) is 0 Å². The average molecular weight is 168 g/mol. The Labute approximate surface area is 72.8 Å². The van der Waals surface area contributed by atoms with Gasteiger partial charge in [0.25, 0.3) is 0 Å². The zero-order chi connectivity index (χ0) is 9.14. The number of rotatable bonds is 2. The van der Waals surface area contributed by atoms with Crippen molar-refractivity contribution in [1.29, 1.82) is 5.41 Å². The van der Waals surface area contributed by atoms with Gasteiger partial charge in [-0.3, -0.25) is 0 Å². The second-order valence-electron chi connectivity index (χ2n) is 3.49. The van der Waals surface area contributed by atoms with Gasteiger partial charge in [-0.2, -0.15) is 0 Å². The second-order valence-corrected chi connectivity index (χ2v) is 3.49. The van der Waals surface area contributed by atoms with E-state index in [1.165, 1.54) is 0 Å². The van der Waals surface area contributed by atoms with Crippen LogP contribution in [0.15, 0.2) is 11.3 Å². The van der Waals surface area contributed by atoms with E-state index in [0.717, 1.165) is 30.5 Å². The maximum Gasteiger partial charge on any atom is 0.0849 e. The van der Waals surface area contributed by atoms with Crippen LogP contribution in [-0.4, -0.2) is 17.4 Å². The molecule has 12 heavy (non-hydrogen) atoms. The summed E-state index contributed by atoms with van der Waals surface area (Å²) in [6.45, 7) is 1.97. The van der Waals surface area contributed by atoms with E-state index in [4.69, 9.17) is 16.2 Å². The van der Waals surface area contributed by atoms with Crippen molar-refractivity contribution in [2.24, 2.45) is 11.7 Å². The van der Waals surface area contributed by atoms with E-state index in [1.54, 1.807) is 0 Å². The van der Waals surface area contributed by atoms with Crippen LogP contribution in [0.2, 0.25) is 0 Å². The van der Waals surface area contributed by atoms with Gasteiger partial charge in [-0.05, 0) is 30.8 Å². The predicted octanol–water partition coefficient (Wildman–Crippen LogP) is 1.03. The quantitative estimate of drug-likeness (QED) is 0.539. The van der Waals surface area contributed by atoms with Crippen LogP contribution in [0.1, 0.15) is 26.2 Å². The molecule has 1 atom stereocenters. The minimum Gasteiger partial charge on any atom is -0.402 e. The lowest BCUT2D eigenvalue weighted by molar-refractivity contribution is 0.355. The number of aliphatic hydroxyl groups excluding tert-OH is 1. The number of nitrogens with two attached hydrogens (primary N) is 1. The number of nitrogens with one attached hydrogen (secondary N) is 1. The van der Waals surface area contributed by atoms with Crippen LogP contribution >= 0.6 is 0 Å². The highest BCUT2D eigenvalue weighted by atomic mass is 16.3. The summed E-state index contributed by atoms with van der Waals surface area (Å²) in [7, 11) is 0. The van der Waals surface area contributed by atoms with Gasteiger partial charge in [0.05, 0.1) is 12.3 Å². The fourth-order valence-electron chi connectivity index (χ4n) is 1.59. The van der Waals surface area contributed by atoms with Crippen LogP contribution in [0.25, 0.3) is 0 Å². The van der Waals surface area contributed by atoms with Gasteiger partial charge in [0.1, 0.15) is 0 Å². The molecule has 1 aliphatic carbocycles. The van der Waals surface area contributed by atoms with Crippen LogP contribution < -0.4 is 5.73 Å². The molecule has 1 aliphatic rings. The Kier molecular flexibility index (Phi) is 2.87. The fraction of sp³-hybridized carbons (Fsp3) is 0.667. The summed E-state index contributed by atoms with van der Waals surface area (Å²) in [6, 6.07) is 0. The van der Waals surface area contributed by atoms with E-state index in [1.807, 2.05) is 0 Å². The Balaban J connectivity index is 2.75. The zero-order valence-corrected chi connectivity index (χ0v) is 7.43. The van der Waals surface area contributed by atoms with Crippen LogP contribution in [0.4, 0.5) is 0 Å². The molecule has 0 aromatic heterocycles. The van der Waals surface area contributed by atoms with Crippen molar-refractivity contribution in [2.45, 2.75) is 26.2 Å². The summed E-state index contributed by atoms with van der Waals surface area (Å²) in [6.07, 6.45) is 2.81. The van der Waals surface area contributed by atoms with Crippen LogP contribution in [0.5, 0.6) is 0 Å². The third-order valence-electron chi connectivity index (χ3n) is 2.37. The first kappa shape index (κ1) is 9.26. The van der Waals surface area contributed by atoms with Crippen LogP contribution in [-0.2, 0) is 0 Å². The minimum atomic E-state index is -0.190. The normalized spacial score (nSPS) is 24.3. The van der Waals surface area contributed by atoms with E-state index < -0.39 is 0 Å². The first-order valence-electron chi connectivity index (χ1n) is 4.31. The van der Waals surface area contributed by atoms with Crippen LogP contribution in [0, 0.1) is 11.3 Å². The molecule has 0 saturated carbocycles. The largest absolute Gasteiger partial charge is 0.402 e. The monoisotopic (exact) mass is 168 g/mol. The van der Waals surface area contributed by atoms with Gasteiger partial charge >= 0.3 is 0 Å². The standard InChI is InChI=1S/C9H16N2O/c1-6-2-3-7(8(10)4-6)9(11)5-12/h6,11-12H,2-5,10H2,1H3. The third kappa shape index (κ3) is 1.85. The first-order chi connectivity index (χ1) is 5.65. The Morgan fingerprint density at radius 1 is 1.75 bits per heavy atom. The molecular formula is C9H16N2O. The predicted molar refractivity (Wildman–Crippen MR) is 49.0 cm³/mol. The van der Waals surface area contributed by atoms with Crippen molar-refractivity contribution >= 4 is 5.71 Å². The molecule has 0 aliphatic heterocycles. The molecule has 0 aromatic carbocycles. The molecule has 4 N–H and O–H groups in total. The van der Waals surface area contributed by atoms with Crippen LogP contribution in [0.3, 0.4) is 0 Å². The molecular weight excluding hydrogens is 152 g/mol. The highest BCUT2D eigenvalue weighted by Crippen LogP contribution is 2.26. The van der Waals surface area contributed by atoms with Gasteiger partial charge in [-0.15, -0.1) is 0 Å². The highest BCUT2D eigenvalue weighted by Gasteiger charge is 2.17. The smallest absolute Gasteiger partial charge is 0.0849 e. The van der Waals surface area contributed by atoms with Gasteiger partial charge in [-0.25, -0.2) is 0 Å². The van der Waals surface area contributed by atoms with Crippen molar-refractivity contribution in [3.8, 4) is 0 Å². The van der Waals surface area contributed by atoms with Crippen molar-refractivity contribution in [2.75, 3.05) is 6.61 Å². The number of hydrogen-bond acceptors (Lipinski definition) is 3. The molecule has 0 heterocycles. The lowest BCUT2D eigenvalue weighted by Gasteiger charge is -2.22. The summed E-state index contributed by atoms with van der Waals surface area (Å²) in [4.78, 5) is 0. The summed E-state index contributed by atoms with van der Waals surface area (Å²) in [5.74, 6) is 0.625. The molecule has 1 rings (SSSR count). The molecule has 0 radical (unpaired) electrons. The lowest BCUT2D eigenvalue weighted by Crippen LogP contribution is -2.20. The Morgan fingerprint density at radius 2 is 2.42 bits per heavy atom. The van der Waals surface area contributed by atoms with E-state index in [0.29, 0.717) is 11.6 Å². The molecule has 68 valence electrons. The van der Waals surface area contributed by atoms with E-state index >= 15 is 0 Å². The topological polar surface area (TPSA) is 70.1 Å². The van der Waals surface area contributed by atoms with Gasteiger partial charge < -0.3 is 16.2 Å². The third-order valence-corrected chi connectivity index (χ3v) is 2.37. The highest BCUT2D eigenvalue weighted by molar-refractivity contribution is 5.99. The second kappa shape index (κ2) is 3.72. The van der Waals surface area contributed by atoms with Crippen molar-refractivity contribution in [3.63, 3.8) is 0 Å². The van der Waals surface area contributed by atoms with E-state index in [2.05, 4.69) is 6.92 Å². The maximum atomic E-state index is 8.76. The molecule has 0 bridgehead atoms. The van der Waals surface area contributed by atoms with E-state index in [-0.39, 0.29) is 6.61 Å². The summed E-state index contributed by atoms with van der Waals surface area (Å²) >= 11 is 0. The van der Waals surface area contributed by atoms with Gasteiger partial charge in [-0.1, -0.05) is 6.92 Å². The maximum absolute atomic E-state index is 8.76. The summed E-state index contributed by atoms with van der Waals surface area (Å²) in [5.41, 5.74) is 7.73. The van der Waals surface area contributed by atoms with Gasteiger partial charge in [0.15, 0.2) is 0 Å². The molecule has 0 aromatic rings. The number of hydrogen-bond donors (Lipinski definition) is 3. The molecule has 0 fully saturated rings. The molecule has 0 amide bonds. The summed E-state index contributed by atoms with van der Waals surface area (Å²) in [5, 5.41) is 16.2. The minimum absolute atomic E-state index is 0.190. The first-order valence-corrected chi connectivity index (χ1v) is 4.31. The van der Waals surface area contributed by atoms with Crippen molar-refractivity contribution in [3.05, 3.63) is 11.3 Å². The van der Waals surface area contributed by atoms with Gasteiger partial charge in [0.2, 0.25) is 0 Å². The molecule has 3 nitrogen and oxygen atoms in total. The average Bonchev–Trinajstić information content (AvgIpc) is 2.03. The number of aliphatic hydroxyl groups is 1.